The summed E-state index contributed by atoms with van der Waals surface area (Å²) < 4.78 is 14.8. The van der Waals surface area contributed by atoms with Gasteiger partial charge >= 0.3 is 6.03 Å². The molecule has 4 aromatic rings. The molecular formula is C34H36Cl2N4O5. The van der Waals surface area contributed by atoms with E-state index >= 15 is 0 Å². The molecule has 5 atom stereocenters. The number of nitrogens with one attached hydrogen (secondary N) is 2. The monoisotopic (exact) mass is 650 g/mol. The molecule has 1 aliphatic heterocycles. The number of benzene rings is 3. The highest BCUT2D eigenvalue weighted by Gasteiger charge is 2.39. The number of hydrogen-bond acceptors (Lipinski definition) is 6. The zero-order chi connectivity index (χ0) is 31.9. The molecule has 5 unspecified atom stereocenters. The molecule has 0 spiro atoms. The third-order valence-corrected chi connectivity index (χ3v) is 8.79. The minimum atomic E-state index is -0.675. The van der Waals surface area contributed by atoms with E-state index in [4.69, 9.17) is 32.7 Å². The number of aliphatic hydroxyl groups is 1. The molecule has 2 heterocycles. The van der Waals surface area contributed by atoms with Gasteiger partial charge in [-0.1, -0.05) is 109 Å². The Bertz CT molecular complexity index is 1580. The predicted molar refractivity (Wildman–Crippen MR) is 172 cm³/mol. The van der Waals surface area contributed by atoms with E-state index in [1.165, 1.54) is 6.92 Å². The van der Waals surface area contributed by atoms with E-state index in [1.807, 2.05) is 78.9 Å². The van der Waals surface area contributed by atoms with Crippen LogP contribution in [-0.4, -0.2) is 38.6 Å². The molecule has 45 heavy (non-hydrogen) atoms. The number of hydrogen-bond donors (Lipinski definition) is 3. The van der Waals surface area contributed by atoms with Crippen molar-refractivity contribution >= 4 is 35.0 Å². The molecule has 0 radical (unpaired) electrons. The van der Waals surface area contributed by atoms with Gasteiger partial charge in [-0.3, -0.25) is 4.79 Å². The number of ether oxygens (including phenoxy) is 2. The van der Waals surface area contributed by atoms with Crippen LogP contribution in [0.5, 0.6) is 0 Å². The minimum Gasteiger partial charge on any atom is -0.392 e. The number of halogens is 2. The van der Waals surface area contributed by atoms with Crippen molar-refractivity contribution in [3.8, 4) is 0 Å². The van der Waals surface area contributed by atoms with Crippen molar-refractivity contribution in [2.75, 3.05) is 0 Å². The van der Waals surface area contributed by atoms with Gasteiger partial charge in [-0.2, -0.15) is 0 Å². The van der Waals surface area contributed by atoms with Crippen LogP contribution >= 0.6 is 23.2 Å². The zero-order valence-corrected chi connectivity index (χ0v) is 26.5. The second kappa shape index (κ2) is 15.0. The number of nitrogens with zero attached hydrogens (tertiary/aromatic N) is 2. The summed E-state index contributed by atoms with van der Waals surface area (Å²) in [6, 6.07) is 23.9. The third kappa shape index (κ3) is 8.31. The van der Waals surface area contributed by atoms with Crippen molar-refractivity contribution in [2.45, 2.75) is 64.5 Å². The normalized spacial score (nSPS) is 20.4. The van der Waals surface area contributed by atoms with Gasteiger partial charge in [0.05, 0.1) is 37.7 Å². The van der Waals surface area contributed by atoms with Gasteiger partial charge in [-0.15, -0.1) is 0 Å². The van der Waals surface area contributed by atoms with Crippen molar-refractivity contribution < 1.29 is 24.2 Å². The van der Waals surface area contributed by atoms with E-state index in [0.717, 1.165) is 27.8 Å². The molecule has 3 N–H and O–H groups in total. The zero-order valence-electron chi connectivity index (χ0n) is 25.0. The SMILES string of the molecule is CC(=O)C(Cc1ccccc1)NC(=O)NCc1ccc(C2OC(Cn3cnc(Cl)c3Cl)C(C)C(c3ccc(CO)cc3)O2)cc1. The number of carbonyl (C=O) groups is 2. The quantitative estimate of drug-likeness (QED) is 0.179. The summed E-state index contributed by atoms with van der Waals surface area (Å²) in [5.41, 5.74) is 4.44. The number of rotatable bonds is 11. The van der Waals surface area contributed by atoms with Gasteiger partial charge in [0.25, 0.3) is 0 Å². The highest BCUT2D eigenvalue weighted by Crippen LogP contribution is 2.42. The predicted octanol–water partition coefficient (Wildman–Crippen LogP) is 6.17. The van der Waals surface area contributed by atoms with Crippen LogP contribution in [0.3, 0.4) is 0 Å². The van der Waals surface area contributed by atoms with Gasteiger partial charge in [-0.25, -0.2) is 9.78 Å². The summed E-state index contributed by atoms with van der Waals surface area (Å²) in [5, 5.41) is 15.7. The molecule has 2 amide bonds. The number of Topliss-reactive ketones (excluding diaryl/α,β-unsaturated/α-hetero) is 1. The van der Waals surface area contributed by atoms with Crippen LogP contribution in [0.25, 0.3) is 0 Å². The molecule has 5 rings (SSSR count). The largest absolute Gasteiger partial charge is 0.392 e. The lowest BCUT2D eigenvalue weighted by Gasteiger charge is -2.41. The van der Waals surface area contributed by atoms with Crippen LogP contribution in [0.2, 0.25) is 10.3 Å². The van der Waals surface area contributed by atoms with E-state index in [1.54, 1.807) is 10.9 Å². The third-order valence-electron chi connectivity index (χ3n) is 8.02. The molecule has 1 saturated heterocycles. The number of amides is 2. The Morgan fingerprint density at radius 3 is 2.22 bits per heavy atom. The summed E-state index contributed by atoms with van der Waals surface area (Å²) in [4.78, 5) is 28.9. The Morgan fingerprint density at radius 2 is 1.60 bits per heavy atom. The minimum absolute atomic E-state index is 0.0382. The smallest absolute Gasteiger partial charge is 0.315 e. The molecule has 9 nitrogen and oxygen atoms in total. The van der Waals surface area contributed by atoms with Crippen LogP contribution < -0.4 is 10.6 Å². The lowest BCUT2D eigenvalue weighted by atomic mass is 9.90. The number of aromatic nitrogens is 2. The van der Waals surface area contributed by atoms with E-state index in [2.05, 4.69) is 22.5 Å². The van der Waals surface area contributed by atoms with Gasteiger partial charge < -0.3 is 29.8 Å². The molecule has 0 bridgehead atoms. The van der Waals surface area contributed by atoms with Crippen molar-refractivity contribution in [2.24, 2.45) is 5.92 Å². The van der Waals surface area contributed by atoms with Gasteiger partial charge in [0.15, 0.2) is 17.2 Å². The second-order valence-electron chi connectivity index (χ2n) is 11.2. The van der Waals surface area contributed by atoms with Crippen LogP contribution in [-0.2, 0) is 40.4 Å². The first-order valence-corrected chi connectivity index (χ1v) is 15.5. The Labute approximate surface area is 272 Å². The fourth-order valence-electron chi connectivity index (χ4n) is 5.32. The van der Waals surface area contributed by atoms with Crippen LogP contribution in [0.15, 0.2) is 85.2 Å². The molecular weight excluding hydrogens is 615 g/mol. The summed E-state index contributed by atoms with van der Waals surface area (Å²) in [6.07, 6.45) is 0.755. The number of urea groups is 1. The van der Waals surface area contributed by atoms with E-state index in [-0.39, 0.29) is 42.2 Å². The molecule has 1 fully saturated rings. The Kier molecular flexibility index (Phi) is 10.9. The highest BCUT2D eigenvalue weighted by atomic mass is 35.5. The van der Waals surface area contributed by atoms with Crippen LogP contribution in [0.4, 0.5) is 4.79 Å². The average molecular weight is 652 g/mol. The van der Waals surface area contributed by atoms with E-state index in [0.29, 0.717) is 18.1 Å². The van der Waals surface area contributed by atoms with Crippen LogP contribution in [0.1, 0.15) is 54.1 Å². The molecule has 1 aromatic heterocycles. The standard InChI is InChI=1S/C34H36Cl2N4O5/c1-21-29(18-40-20-38-31(35)32(40)36)44-33(45-30(21)26-12-10-25(19-41)11-13-26)27-14-8-24(9-15-27)17-37-34(43)39-28(22(2)42)16-23-6-4-3-5-7-23/h3-15,20-21,28-30,33,41H,16-19H2,1-2H3,(H2,37,39,43). The Morgan fingerprint density at radius 1 is 0.933 bits per heavy atom. The number of ketones is 1. The fourth-order valence-corrected chi connectivity index (χ4v) is 5.64. The van der Waals surface area contributed by atoms with Gasteiger partial charge in [-0.05, 0) is 35.6 Å². The van der Waals surface area contributed by atoms with Gasteiger partial charge in [0.2, 0.25) is 0 Å². The fraction of sp³-hybridized carbons (Fsp3) is 0.324. The Hall–Kier alpha value is -3.73. The topological polar surface area (TPSA) is 115 Å². The van der Waals surface area contributed by atoms with Crippen molar-refractivity contribution in [3.05, 3.63) is 123 Å². The summed E-state index contributed by atoms with van der Waals surface area (Å²) in [6.45, 7) is 4.19. The molecule has 0 saturated carbocycles. The molecule has 0 aliphatic carbocycles. The summed E-state index contributed by atoms with van der Waals surface area (Å²) in [5.74, 6) is -0.166. The summed E-state index contributed by atoms with van der Waals surface area (Å²) >= 11 is 12.5. The maximum atomic E-state index is 12.6. The van der Waals surface area contributed by atoms with Gasteiger partial charge in [0.1, 0.15) is 5.15 Å². The van der Waals surface area contributed by atoms with E-state index in [9.17, 15) is 14.7 Å². The maximum absolute atomic E-state index is 12.6. The highest BCUT2D eigenvalue weighted by molar-refractivity contribution is 6.40. The molecule has 236 valence electrons. The number of aliphatic hydroxyl groups excluding tert-OH is 1. The first-order valence-electron chi connectivity index (χ1n) is 14.8. The Balaban J connectivity index is 1.26. The lowest BCUT2D eigenvalue weighted by Crippen LogP contribution is -2.46. The first-order chi connectivity index (χ1) is 21.7. The summed E-state index contributed by atoms with van der Waals surface area (Å²) in [7, 11) is 0. The number of carbonyl (C=O) groups excluding carboxylic acids is 2. The van der Waals surface area contributed by atoms with Gasteiger partial charge in [0, 0.05) is 18.0 Å². The van der Waals surface area contributed by atoms with Crippen molar-refractivity contribution in [1.29, 1.82) is 0 Å². The van der Waals surface area contributed by atoms with E-state index < -0.39 is 18.4 Å². The number of imidazole rings is 1. The average Bonchev–Trinajstić information content (AvgIpc) is 3.37. The second-order valence-corrected chi connectivity index (χ2v) is 11.9. The molecule has 1 aliphatic rings. The van der Waals surface area contributed by atoms with Crippen molar-refractivity contribution in [1.82, 2.24) is 20.2 Å². The lowest BCUT2D eigenvalue weighted by molar-refractivity contribution is -0.276. The molecule has 11 heteroatoms. The maximum Gasteiger partial charge on any atom is 0.315 e. The van der Waals surface area contributed by atoms with Crippen LogP contribution in [0, 0.1) is 5.92 Å². The first kappa shape index (κ1) is 32.7. The molecule has 3 aromatic carbocycles. The van der Waals surface area contributed by atoms with Crippen molar-refractivity contribution in [3.63, 3.8) is 0 Å².